The normalized spacial score (nSPS) is 16.6. The van der Waals surface area contributed by atoms with Crippen LogP contribution in [-0.2, 0) is 11.6 Å². The van der Waals surface area contributed by atoms with Gasteiger partial charge in [-0.25, -0.2) is 9.78 Å². The van der Waals surface area contributed by atoms with Gasteiger partial charge in [-0.05, 0) is 74.2 Å². The average Bonchev–Trinajstić information content (AvgIpc) is 3.29. The molecule has 0 saturated carbocycles. The summed E-state index contributed by atoms with van der Waals surface area (Å²) in [7, 11) is 0. The van der Waals surface area contributed by atoms with E-state index in [1.807, 2.05) is 49.1 Å². The van der Waals surface area contributed by atoms with E-state index in [-0.39, 0.29) is 23.1 Å². The van der Waals surface area contributed by atoms with Crippen LogP contribution < -0.4 is 25.6 Å². The van der Waals surface area contributed by atoms with Gasteiger partial charge in [0.05, 0.1) is 23.4 Å². The first-order chi connectivity index (χ1) is 20.1. The molecule has 1 spiro atoms. The topological polar surface area (TPSA) is 108 Å². The Hall–Kier alpha value is -4.30. The van der Waals surface area contributed by atoms with E-state index in [4.69, 9.17) is 10.5 Å². The summed E-state index contributed by atoms with van der Waals surface area (Å²) in [5, 5.41) is 12.5. The molecule has 2 amide bonds. The fourth-order valence-corrected chi connectivity index (χ4v) is 5.91. The summed E-state index contributed by atoms with van der Waals surface area (Å²) in [6, 6.07) is 14.6. The van der Waals surface area contributed by atoms with Crippen molar-refractivity contribution >= 4 is 17.4 Å². The minimum atomic E-state index is -4.52. The van der Waals surface area contributed by atoms with Gasteiger partial charge in [-0.3, -0.25) is 4.90 Å². The van der Waals surface area contributed by atoms with Gasteiger partial charge in [0.1, 0.15) is 6.07 Å². The average molecular weight is 579 g/mol. The van der Waals surface area contributed by atoms with Crippen molar-refractivity contribution in [3.05, 3.63) is 71.4 Å². The predicted octanol–water partition coefficient (Wildman–Crippen LogP) is 5.45. The molecule has 1 atom stereocenters. The number of nitrogens with one attached hydrogen (secondary N) is 1. The van der Waals surface area contributed by atoms with Crippen LogP contribution in [0, 0.1) is 11.3 Å². The predicted molar refractivity (Wildman–Crippen MR) is 155 cm³/mol. The molecule has 1 saturated heterocycles. The Labute approximate surface area is 242 Å². The summed E-state index contributed by atoms with van der Waals surface area (Å²) < 4.78 is 45.5. The van der Waals surface area contributed by atoms with Crippen molar-refractivity contribution in [1.82, 2.24) is 10.3 Å². The Morgan fingerprint density at radius 2 is 1.95 bits per heavy atom. The molecule has 0 radical (unpaired) electrons. The van der Waals surface area contributed by atoms with E-state index in [0.29, 0.717) is 57.2 Å². The van der Waals surface area contributed by atoms with Gasteiger partial charge in [-0.1, -0.05) is 12.1 Å². The largest absolute Gasteiger partial charge is 0.478 e. The molecule has 2 aliphatic rings. The highest BCUT2D eigenvalue weighted by Crippen LogP contribution is 2.49. The number of hydrogen-bond donors (Lipinski definition) is 2. The van der Waals surface area contributed by atoms with Crippen LogP contribution in [0.5, 0.6) is 5.88 Å². The van der Waals surface area contributed by atoms with Gasteiger partial charge >= 0.3 is 12.2 Å². The molecule has 1 fully saturated rings. The highest BCUT2D eigenvalue weighted by atomic mass is 19.4. The third-order valence-electron chi connectivity index (χ3n) is 8.01. The third kappa shape index (κ3) is 5.59. The number of amides is 2. The molecule has 11 heteroatoms. The van der Waals surface area contributed by atoms with Gasteiger partial charge in [-0.15, -0.1) is 0 Å². The molecule has 42 heavy (non-hydrogen) atoms. The molecular formula is C31H33F3N6O2. The van der Waals surface area contributed by atoms with Gasteiger partial charge in [0.25, 0.3) is 0 Å². The number of benzene rings is 2. The maximum absolute atomic E-state index is 13.4. The van der Waals surface area contributed by atoms with Crippen LogP contribution in [0.15, 0.2) is 54.7 Å². The van der Waals surface area contributed by atoms with Crippen molar-refractivity contribution < 1.29 is 22.7 Å². The quantitative estimate of drug-likeness (QED) is 0.403. The minimum Gasteiger partial charge on any atom is -0.478 e. The summed E-state index contributed by atoms with van der Waals surface area (Å²) in [5.41, 5.74) is 8.70. The van der Waals surface area contributed by atoms with Gasteiger partial charge in [-0.2, -0.15) is 18.4 Å². The molecule has 0 unspecified atom stereocenters. The van der Waals surface area contributed by atoms with E-state index in [0.717, 1.165) is 34.5 Å². The Morgan fingerprint density at radius 1 is 1.19 bits per heavy atom. The maximum atomic E-state index is 13.4. The van der Waals surface area contributed by atoms with Crippen molar-refractivity contribution in [3.8, 4) is 23.1 Å². The highest BCUT2D eigenvalue weighted by molar-refractivity contribution is 5.96. The lowest BCUT2D eigenvalue weighted by Crippen LogP contribution is -2.49. The molecule has 1 aromatic heterocycles. The number of nitrogens with two attached hydrogens (primary N) is 1. The number of fused-ring (bicyclic) bond motifs is 2. The minimum absolute atomic E-state index is 0.00396. The fourth-order valence-electron chi connectivity index (χ4n) is 5.91. The number of urea groups is 1. The molecule has 8 nitrogen and oxygen atoms in total. The summed E-state index contributed by atoms with van der Waals surface area (Å²) in [5.74, 6) is 0.513. The molecule has 2 aliphatic heterocycles. The number of halogens is 3. The summed E-state index contributed by atoms with van der Waals surface area (Å²) in [6.45, 7) is 6.00. The van der Waals surface area contributed by atoms with Crippen molar-refractivity contribution in [2.45, 2.75) is 44.3 Å². The number of pyridine rings is 1. The first-order valence-electron chi connectivity index (χ1n) is 14.0. The van der Waals surface area contributed by atoms with E-state index in [2.05, 4.69) is 16.4 Å². The summed E-state index contributed by atoms with van der Waals surface area (Å²) in [6.07, 6.45) is -1.54. The number of rotatable bonds is 6. The number of piperidine rings is 1. The van der Waals surface area contributed by atoms with Crippen molar-refractivity contribution in [1.29, 1.82) is 5.26 Å². The lowest BCUT2D eigenvalue weighted by Gasteiger charge is -2.41. The van der Waals surface area contributed by atoms with Crippen LogP contribution in [0.2, 0.25) is 0 Å². The number of aromatic nitrogens is 1. The number of nitrogens with zero attached hydrogens (tertiary/aromatic N) is 4. The molecule has 0 bridgehead atoms. The van der Waals surface area contributed by atoms with Gasteiger partial charge in [0.2, 0.25) is 5.88 Å². The summed E-state index contributed by atoms with van der Waals surface area (Å²) in [4.78, 5) is 21.5. The lowest BCUT2D eigenvalue weighted by atomic mass is 9.74. The zero-order valence-corrected chi connectivity index (χ0v) is 23.5. The first-order valence-corrected chi connectivity index (χ1v) is 14.0. The van der Waals surface area contributed by atoms with E-state index < -0.39 is 11.7 Å². The van der Waals surface area contributed by atoms with E-state index in [1.54, 1.807) is 11.1 Å². The Morgan fingerprint density at radius 3 is 2.62 bits per heavy atom. The summed E-state index contributed by atoms with van der Waals surface area (Å²) >= 11 is 0. The lowest BCUT2D eigenvalue weighted by molar-refractivity contribution is -0.137. The highest BCUT2D eigenvalue weighted by Gasteiger charge is 2.47. The first kappa shape index (κ1) is 29.2. The van der Waals surface area contributed by atoms with Crippen molar-refractivity contribution in [3.63, 3.8) is 0 Å². The molecule has 0 aliphatic carbocycles. The van der Waals surface area contributed by atoms with Crippen LogP contribution >= 0.6 is 0 Å². The van der Waals surface area contributed by atoms with Crippen molar-refractivity contribution in [2.75, 3.05) is 42.6 Å². The van der Waals surface area contributed by atoms with E-state index >= 15 is 0 Å². The zero-order chi connectivity index (χ0) is 30.1. The second kappa shape index (κ2) is 11.5. The fraction of sp³-hybridized carbons (Fsp3) is 0.387. The number of carbonyl (C=O) groups excluding carboxylic acids is 1. The Balaban J connectivity index is 1.47. The number of nitriles is 1. The van der Waals surface area contributed by atoms with E-state index in [1.165, 1.54) is 6.07 Å². The SMILES string of the molecule is CCOc1ncccc1-c1ccc2c(c1)N(C(=O)NC[C@@H](C)N)CC21CCN(c2ccc(C(F)(F)F)cc2C#N)CC1. The van der Waals surface area contributed by atoms with Gasteiger partial charge < -0.3 is 20.7 Å². The molecule has 220 valence electrons. The van der Waals surface area contributed by atoms with Gasteiger partial charge in [0.15, 0.2) is 0 Å². The molecule has 3 N–H and O–H groups in total. The molecule has 5 rings (SSSR count). The zero-order valence-electron chi connectivity index (χ0n) is 23.5. The van der Waals surface area contributed by atoms with Crippen LogP contribution in [0.3, 0.4) is 0 Å². The van der Waals surface area contributed by atoms with Crippen molar-refractivity contribution in [2.24, 2.45) is 5.73 Å². The van der Waals surface area contributed by atoms with Gasteiger partial charge in [0, 0.05) is 55.1 Å². The number of hydrogen-bond acceptors (Lipinski definition) is 6. The van der Waals surface area contributed by atoms with Crippen LogP contribution in [0.1, 0.15) is 43.4 Å². The number of ether oxygens (including phenoxy) is 1. The molecular weight excluding hydrogens is 545 g/mol. The van der Waals surface area contributed by atoms with Crippen LogP contribution in [-0.4, -0.2) is 49.8 Å². The Kier molecular flexibility index (Phi) is 8.01. The maximum Gasteiger partial charge on any atom is 0.416 e. The molecule has 3 heterocycles. The monoisotopic (exact) mass is 578 g/mol. The third-order valence-corrected chi connectivity index (χ3v) is 8.01. The molecule has 3 aromatic rings. The number of anilines is 2. The molecule has 2 aromatic carbocycles. The second-order valence-electron chi connectivity index (χ2n) is 10.9. The number of alkyl halides is 3. The van der Waals surface area contributed by atoms with E-state index in [9.17, 15) is 23.2 Å². The standard InChI is InChI=1S/C31H33F3N6O2/c1-3-42-28-24(5-4-12-37-28)21-6-8-25-27(16-21)40(29(41)38-18-20(2)36)19-30(25)10-13-39(14-11-30)26-9-7-23(31(32,33)34)15-22(26)17-35/h4-9,12,15-16,20H,3,10-11,13-14,18-19,36H2,1-2H3,(H,38,41)/t20-/m1/s1. The second-order valence-corrected chi connectivity index (χ2v) is 10.9. The Bertz CT molecular complexity index is 1510. The van der Waals surface area contributed by atoms with Crippen LogP contribution in [0.25, 0.3) is 11.1 Å². The smallest absolute Gasteiger partial charge is 0.416 e. The number of carbonyl (C=O) groups is 1. The van der Waals surface area contributed by atoms with Crippen LogP contribution in [0.4, 0.5) is 29.3 Å².